The van der Waals surface area contributed by atoms with Crippen molar-refractivity contribution < 1.29 is 23.6 Å². The van der Waals surface area contributed by atoms with Crippen molar-refractivity contribution in [3.8, 4) is 5.75 Å². The van der Waals surface area contributed by atoms with Crippen molar-refractivity contribution >= 4 is 11.7 Å². The lowest BCUT2D eigenvalue weighted by Gasteiger charge is -2.14. The molecule has 1 aromatic carbocycles. The molecule has 0 spiro atoms. The molecule has 0 aliphatic heterocycles. The van der Waals surface area contributed by atoms with E-state index in [0.29, 0.717) is 0 Å². The summed E-state index contributed by atoms with van der Waals surface area (Å²) in [6, 6.07) is 2.44. The molecule has 1 unspecified atom stereocenters. The number of nitro benzene ring substituents is 1. The van der Waals surface area contributed by atoms with E-state index in [2.05, 4.69) is 10.1 Å². The lowest BCUT2D eigenvalue weighted by Crippen LogP contribution is -2.40. The van der Waals surface area contributed by atoms with Crippen LogP contribution in [-0.4, -0.2) is 37.7 Å². The summed E-state index contributed by atoms with van der Waals surface area (Å²) >= 11 is 0. The van der Waals surface area contributed by atoms with E-state index in [1.807, 2.05) is 0 Å². The monoisotopic (exact) mass is 272 g/mol. The Morgan fingerprint density at radius 3 is 2.74 bits per heavy atom. The van der Waals surface area contributed by atoms with Gasteiger partial charge in [-0.3, -0.25) is 14.9 Å². The van der Waals surface area contributed by atoms with Crippen molar-refractivity contribution in [3.63, 3.8) is 0 Å². The first-order valence-corrected chi connectivity index (χ1v) is 5.31. The van der Waals surface area contributed by atoms with Crippen molar-refractivity contribution in [2.24, 2.45) is 0 Å². The van der Waals surface area contributed by atoms with Gasteiger partial charge in [0.15, 0.2) is 0 Å². The van der Waals surface area contributed by atoms with Crippen molar-refractivity contribution in [2.75, 3.05) is 20.8 Å². The third-order valence-electron chi connectivity index (χ3n) is 2.37. The molecule has 104 valence electrons. The topological polar surface area (TPSA) is 90.7 Å². The highest BCUT2D eigenvalue weighted by atomic mass is 19.1. The van der Waals surface area contributed by atoms with Gasteiger partial charge in [-0.05, 0) is 13.1 Å². The fourth-order valence-corrected chi connectivity index (χ4v) is 1.32. The molecule has 0 saturated carbocycles. The maximum atomic E-state index is 13.3. The fraction of sp³-hybridized carbons (Fsp3) is 0.364. The van der Waals surface area contributed by atoms with Crippen LogP contribution in [0.4, 0.5) is 10.1 Å². The molecule has 1 N–H and O–H groups in total. The van der Waals surface area contributed by atoms with Gasteiger partial charge in [0, 0.05) is 12.1 Å². The van der Waals surface area contributed by atoms with Crippen LogP contribution in [0, 0.1) is 15.9 Å². The average molecular weight is 272 g/mol. The Bertz CT molecular complexity index is 480. The van der Waals surface area contributed by atoms with E-state index in [1.165, 1.54) is 13.2 Å². The Kier molecular flexibility index (Phi) is 5.19. The van der Waals surface area contributed by atoms with Crippen LogP contribution in [-0.2, 0) is 9.53 Å². The predicted octanol–water partition coefficient (Wildman–Crippen LogP) is 0.874. The largest absolute Gasteiger partial charge is 0.491 e. The second-order valence-corrected chi connectivity index (χ2v) is 3.55. The number of nitrogens with one attached hydrogen (secondary N) is 1. The molecule has 0 aliphatic rings. The summed E-state index contributed by atoms with van der Waals surface area (Å²) in [5.41, 5.74) is -0.634. The molecular weight excluding hydrogens is 259 g/mol. The zero-order valence-corrected chi connectivity index (χ0v) is 10.4. The van der Waals surface area contributed by atoms with Crippen LogP contribution in [0.1, 0.15) is 0 Å². The maximum Gasteiger partial charge on any atom is 0.326 e. The molecule has 0 heterocycles. The number of hydrogen-bond donors (Lipinski definition) is 1. The number of carbonyl (C=O) groups excluding carboxylic acids is 1. The molecule has 0 fully saturated rings. The number of nitrogens with zero attached hydrogens (tertiary/aromatic N) is 1. The Morgan fingerprint density at radius 1 is 1.58 bits per heavy atom. The zero-order chi connectivity index (χ0) is 14.4. The highest BCUT2D eigenvalue weighted by molar-refractivity contribution is 5.75. The lowest BCUT2D eigenvalue weighted by atomic mass is 10.3. The molecule has 8 heteroatoms. The van der Waals surface area contributed by atoms with Crippen LogP contribution in [0.15, 0.2) is 18.2 Å². The first-order valence-electron chi connectivity index (χ1n) is 5.31. The number of likely N-dealkylation sites (N-methyl/N-ethyl adjacent to an activating group) is 1. The van der Waals surface area contributed by atoms with E-state index >= 15 is 0 Å². The number of carbonyl (C=O) groups is 1. The Balaban J connectivity index is 2.70. The van der Waals surface area contributed by atoms with Gasteiger partial charge in [-0.2, -0.15) is 4.39 Å². The van der Waals surface area contributed by atoms with Gasteiger partial charge < -0.3 is 14.8 Å². The summed E-state index contributed by atoms with van der Waals surface area (Å²) in [6.45, 7) is -0.0829. The van der Waals surface area contributed by atoms with Crippen LogP contribution in [0.3, 0.4) is 0 Å². The normalized spacial score (nSPS) is 11.7. The Morgan fingerprint density at radius 2 is 2.26 bits per heavy atom. The van der Waals surface area contributed by atoms with E-state index in [9.17, 15) is 19.3 Å². The van der Waals surface area contributed by atoms with Crippen LogP contribution < -0.4 is 10.1 Å². The molecule has 7 nitrogen and oxygen atoms in total. The van der Waals surface area contributed by atoms with Crippen LogP contribution in [0.2, 0.25) is 0 Å². The van der Waals surface area contributed by atoms with Crippen LogP contribution >= 0.6 is 0 Å². The molecule has 0 amide bonds. The van der Waals surface area contributed by atoms with Crippen molar-refractivity contribution in [3.05, 3.63) is 34.1 Å². The smallest absolute Gasteiger partial charge is 0.326 e. The van der Waals surface area contributed by atoms with Crippen molar-refractivity contribution in [1.29, 1.82) is 0 Å². The number of methoxy groups -OCH3 is 1. The number of benzene rings is 1. The van der Waals surface area contributed by atoms with Gasteiger partial charge in [0.25, 0.3) is 0 Å². The zero-order valence-electron chi connectivity index (χ0n) is 10.4. The van der Waals surface area contributed by atoms with Gasteiger partial charge in [0.2, 0.25) is 5.82 Å². The molecule has 0 bridgehead atoms. The van der Waals surface area contributed by atoms with E-state index in [-0.39, 0.29) is 12.4 Å². The van der Waals surface area contributed by atoms with E-state index in [1.54, 1.807) is 7.05 Å². The van der Waals surface area contributed by atoms with Crippen molar-refractivity contribution in [1.82, 2.24) is 5.32 Å². The first kappa shape index (κ1) is 14.8. The second-order valence-electron chi connectivity index (χ2n) is 3.55. The third kappa shape index (κ3) is 3.88. The second kappa shape index (κ2) is 6.64. The molecule has 0 aromatic heterocycles. The molecular formula is C11H13FN2O5. The maximum absolute atomic E-state index is 13.3. The molecule has 1 rings (SSSR count). The van der Waals surface area contributed by atoms with Gasteiger partial charge in [0.1, 0.15) is 18.4 Å². The lowest BCUT2D eigenvalue weighted by molar-refractivity contribution is -0.387. The fourth-order valence-electron chi connectivity index (χ4n) is 1.32. The summed E-state index contributed by atoms with van der Waals surface area (Å²) in [7, 11) is 2.78. The van der Waals surface area contributed by atoms with Gasteiger partial charge in [-0.15, -0.1) is 0 Å². The first-order chi connectivity index (χ1) is 8.99. The standard InChI is InChI=1S/C11H13FN2O5/c1-13-9(11(15)18-2)6-19-7-3-4-10(14(16)17)8(12)5-7/h3-5,9,13H,6H2,1-2H3. The van der Waals surface area contributed by atoms with Gasteiger partial charge in [-0.1, -0.05) is 0 Å². The SMILES string of the molecule is CNC(COc1ccc([N+](=O)[O-])c(F)c1)C(=O)OC. The number of hydrogen-bond acceptors (Lipinski definition) is 6. The van der Waals surface area contributed by atoms with Crippen LogP contribution in [0.5, 0.6) is 5.75 Å². The highest BCUT2D eigenvalue weighted by Gasteiger charge is 2.19. The summed E-state index contributed by atoms with van der Waals surface area (Å²) < 4.78 is 23.0. The summed E-state index contributed by atoms with van der Waals surface area (Å²) in [4.78, 5) is 20.8. The minimum Gasteiger partial charge on any atom is -0.491 e. The third-order valence-corrected chi connectivity index (χ3v) is 2.37. The number of halogens is 1. The molecule has 0 saturated heterocycles. The molecule has 19 heavy (non-hydrogen) atoms. The molecule has 0 aliphatic carbocycles. The van der Waals surface area contributed by atoms with Crippen molar-refractivity contribution in [2.45, 2.75) is 6.04 Å². The average Bonchev–Trinajstić information content (AvgIpc) is 2.38. The minimum atomic E-state index is -0.999. The van der Waals surface area contributed by atoms with E-state index in [0.717, 1.165) is 12.1 Å². The summed E-state index contributed by atoms with van der Waals surface area (Å²) in [5, 5.41) is 13.1. The van der Waals surface area contributed by atoms with E-state index < -0.39 is 28.4 Å². The quantitative estimate of drug-likeness (QED) is 0.469. The number of esters is 1. The van der Waals surface area contributed by atoms with Crippen LogP contribution in [0.25, 0.3) is 0 Å². The van der Waals surface area contributed by atoms with E-state index in [4.69, 9.17) is 4.74 Å². The Hall–Kier alpha value is -2.22. The summed E-state index contributed by atoms with van der Waals surface area (Å²) in [6.07, 6.45) is 0. The number of ether oxygens (including phenoxy) is 2. The molecule has 1 aromatic rings. The minimum absolute atomic E-state index is 0.0829. The van der Waals surface area contributed by atoms with Gasteiger partial charge in [-0.25, -0.2) is 0 Å². The Labute approximate surface area is 108 Å². The van der Waals surface area contributed by atoms with Gasteiger partial charge in [0.05, 0.1) is 12.0 Å². The number of nitro groups is 1. The van der Waals surface area contributed by atoms with Gasteiger partial charge >= 0.3 is 11.7 Å². The molecule has 0 radical (unpaired) electrons. The highest BCUT2D eigenvalue weighted by Crippen LogP contribution is 2.22. The predicted molar refractivity (Wildman–Crippen MR) is 63.4 cm³/mol. The number of rotatable bonds is 6. The molecule has 1 atom stereocenters. The summed E-state index contributed by atoms with van der Waals surface area (Å²) in [5.74, 6) is -1.43.